The second-order valence-corrected chi connectivity index (χ2v) is 6.16. The van der Waals surface area contributed by atoms with Gasteiger partial charge in [-0.25, -0.2) is 4.79 Å². The van der Waals surface area contributed by atoms with Crippen LogP contribution in [0.25, 0.3) is 0 Å². The number of hydrogen-bond donors (Lipinski definition) is 0. The summed E-state index contributed by atoms with van der Waals surface area (Å²) in [4.78, 5) is 11.9. The van der Waals surface area contributed by atoms with E-state index >= 15 is 0 Å². The van der Waals surface area contributed by atoms with Gasteiger partial charge in [0.15, 0.2) is 0 Å². The average Bonchev–Trinajstić information content (AvgIpc) is 2.87. The number of hydrogen-bond acceptors (Lipinski definition) is 2. The lowest BCUT2D eigenvalue weighted by molar-refractivity contribution is 0.0471. The van der Waals surface area contributed by atoms with E-state index < -0.39 is 0 Å². The minimum absolute atomic E-state index is 0.223. The molecular weight excluding hydrogens is 236 g/mol. The first-order valence-corrected chi connectivity index (χ1v) is 6.80. The maximum absolute atomic E-state index is 11.9. The van der Waals surface area contributed by atoms with Gasteiger partial charge in [-0.3, -0.25) is 0 Å². The fourth-order valence-electron chi connectivity index (χ4n) is 2.62. The highest BCUT2D eigenvalue weighted by Crippen LogP contribution is 2.59. The highest BCUT2D eigenvalue weighted by molar-refractivity contribution is 5.89. The van der Waals surface area contributed by atoms with Gasteiger partial charge in [0.25, 0.3) is 0 Å². The molecule has 2 heteroatoms. The molecule has 102 valence electrons. The molecule has 1 aromatic rings. The van der Waals surface area contributed by atoms with Crippen LogP contribution in [-0.2, 0) is 4.74 Å². The summed E-state index contributed by atoms with van der Waals surface area (Å²) in [5.74, 6) is 0.746. The zero-order valence-electron chi connectivity index (χ0n) is 12.1. The molecule has 0 spiro atoms. The van der Waals surface area contributed by atoms with Crippen molar-refractivity contribution in [2.45, 2.75) is 27.7 Å². The molecule has 2 unspecified atom stereocenters. The highest BCUT2D eigenvalue weighted by Gasteiger charge is 2.56. The van der Waals surface area contributed by atoms with E-state index in [1.807, 2.05) is 18.2 Å². The van der Waals surface area contributed by atoms with Crippen molar-refractivity contribution in [3.63, 3.8) is 0 Å². The Morgan fingerprint density at radius 2 is 1.89 bits per heavy atom. The van der Waals surface area contributed by atoms with Gasteiger partial charge in [-0.05, 0) is 37.3 Å². The Morgan fingerprint density at radius 1 is 1.26 bits per heavy atom. The molecule has 1 saturated carbocycles. The van der Waals surface area contributed by atoms with Crippen LogP contribution in [0.15, 0.2) is 42.0 Å². The minimum atomic E-state index is -0.223. The SMILES string of the molecule is CC(C)=CC1C(COC(=O)c2ccccc2)C1(C)C. The van der Waals surface area contributed by atoms with Crippen molar-refractivity contribution in [3.8, 4) is 0 Å². The summed E-state index contributed by atoms with van der Waals surface area (Å²) in [5.41, 5.74) is 2.20. The molecule has 0 N–H and O–H groups in total. The molecule has 2 nitrogen and oxygen atoms in total. The largest absolute Gasteiger partial charge is 0.462 e. The van der Waals surface area contributed by atoms with Crippen LogP contribution in [-0.4, -0.2) is 12.6 Å². The molecule has 0 heterocycles. The van der Waals surface area contributed by atoms with Gasteiger partial charge in [0.2, 0.25) is 0 Å². The smallest absolute Gasteiger partial charge is 0.338 e. The first kappa shape index (κ1) is 13.9. The van der Waals surface area contributed by atoms with Crippen LogP contribution in [0, 0.1) is 17.3 Å². The number of carbonyl (C=O) groups excluding carboxylic acids is 1. The summed E-state index contributed by atoms with van der Waals surface area (Å²) in [7, 11) is 0. The highest BCUT2D eigenvalue weighted by atomic mass is 16.5. The molecule has 19 heavy (non-hydrogen) atoms. The molecule has 2 atom stereocenters. The lowest BCUT2D eigenvalue weighted by Gasteiger charge is -2.05. The summed E-state index contributed by atoms with van der Waals surface area (Å²) in [6.45, 7) is 9.20. The quantitative estimate of drug-likeness (QED) is 0.601. The molecule has 0 aliphatic heterocycles. The van der Waals surface area contributed by atoms with Crippen LogP contribution in [0.5, 0.6) is 0 Å². The molecular formula is C17H22O2. The van der Waals surface area contributed by atoms with E-state index in [4.69, 9.17) is 4.74 Å². The third-order valence-corrected chi connectivity index (χ3v) is 4.06. The number of ether oxygens (including phenoxy) is 1. The number of allylic oxidation sites excluding steroid dienone is 2. The van der Waals surface area contributed by atoms with Crippen molar-refractivity contribution in [3.05, 3.63) is 47.5 Å². The average molecular weight is 258 g/mol. The summed E-state index contributed by atoms with van der Waals surface area (Å²) in [6, 6.07) is 9.17. The third-order valence-electron chi connectivity index (χ3n) is 4.06. The second kappa shape index (κ2) is 5.20. The Hall–Kier alpha value is -1.57. The van der Waals surface area contributed by atoms with Crippen LogP contribution < -0.4 is 0 Å². The molecule has 1 aliphatic carbocycles. The maximum atomic E-state index is 11.9. The Bertz CT molecular complexity index is 481. The van der Waals surface area contributed by atoms with E-state index in [2.05, 4.69) is 33.8 Å². The van der Waals surface area contributed by atoms with E-state index in [1.165, 1.54) is 5.57 Å². The van der Waals surface area contributed by atoms with Gasteiger partial charge in [-0.15, -0.1) is 0 Å². The van der Waals surface area contributed by atoms with Crippen LogP contribution >= 0.6 is 0 Å². The van der Waals surface area contributed by atoms with Gasteiger partial charge in [-0.2, -0.15) is 0 Å². The zero-order valence-corrected chi connectivity index (χ0v) is 12.1. The van der Waals surface area contributed by atoms with E-state index in [0.717, 1.165) is 0 Å². The Balaban J connectivity index is 1.91. The van der Waals surface area contributed by atoms with Crippen molar-refractivity contribution < 1.29 is 9.53 Å². The first-order chi connectivity index (χ1) is 8.93. The summed E-state index contributed by atoms with van der Waals surface area (Å²) in [6.07, 6.45) is 2.29. The number of benzene rings is 1. The van der Waals surface area contributed by atoms with Crippen LogP contribution in [0.4, 0.5) is 0 Å². The normalized spacial score (nSPS) is 23.6. The molecule has 1 aromatic carbocycles. The van der Waals surface area contributed by atoms with Crippen molar-refractivity contribution in [1.82, 2.24) is 0 Å². The van der Waals surface area contributed by atoms with Gasteiger partial charge in [-0.1, -0.05) is 43.7 Å². The van der Waals surface area contributed by atoms with E-state index in [0.29, 0.717) is 24.0 Å². The topological polar surface area (TPSA) is 26.3 Å². The van der Waals surface area contributed by atoms with Gasteiger partial charge in [0.1, 0.15) is 0 Å². The molecule has 0 radical (unpaired) electrons. The lowest BCUT2D eigenvalue weighted by Crippen LogP contribution is -2.09. The monoisotopic (exact) mass is 258 g/mol. The zero-order chi connectivity index (χ0) is 14.0. The van der Waals surface area contributed by atoms with Gasteiger partial charge in [0, 0.05) is 5.92 Å². The van der Waals surface area contributed by atoms with Gasteiger partial charge in [0.05, 0.1) is 12.2 Å². The number of esters is 1. The van der Waals surface area contributed by atoms with Crippen LogP contribution in [0.3, 0.4) is 0 Å². The summed E-state index contributed by atoms with van der Waals surface area (Å²) in [5, 5.41) is 0. The molecule has 0 bridgehead atoms. The molecule has 0 amide bonds. The predicted octanol–water partition coefficient (Wildman–Crippen LogP) is 4.08. The number of carbonyl (C=O) groups is 1. The predicted molar refractivity (Wildman–Crippen MR) is 76.9 cm³/mol. The standard InChI is InChI=1S/C17H22O2/c1-12(2)10-14-15(17(14,3)4)11-19-16(18)13-8-6-5-7-9-13/h5-10,14-15H,11H2,1-4H3. The van der Waals surface area contributed by atoms with E-state index in [9.17, 15) is 4.79 Å². The molecule has 2 rings (SSSR count). The summed E-state index contributed by atoms with van der Waals surface area (Å²) >= 11 is 0. The Morgan fingerprint density at radius 3 is 2.47 bits per heavy atom. The minimum Gasteiger partial charge on any atom is -0.462 e. The van der Waals surface area contributed by atoms with E-state index in [-0.39, 0.29) is 11.4 Å². The van der Waals surface area contributed by atoms with Crippen molar-refractivity contribution in [2.75, 3.05) is 6.61 Å². The van der Waals surface area contributed by atoms with Crippen LogP contribution in [0.1, 0.15) is 38.1 Å². The molecule has 0 saturated heterocycles. The first-order valence-electron chi connectivity index (χ1n) is 6.80. The second-order valence-electron chi connectivity index (χ2n) is 6.16. The fourth-order valence-corrected chi connectivity index (χ4v) is 2.62. The molecule has 1 aliphatic rings. The van der Waals surface area contributed by atoms with Crippen molar-refractivity contribution in [2.24, 2.45) is 17.3 Å². The number of rotatable bonds is 4. The fraction of sp³-hybridized carbons (Fsp3) is 0.471. The summed E-state index contributed by atoms with van der Waals surface area (Å²) < 4.78 is 5.43. The molecule has 0 aromatic heterocycles. The Kier molecular flexibility index (Phi) is 3.79. The van der Waals surface area contributed by atoms with E-state index in [1.54, 1.807) is 12.1 Å². The van der Waals surface area contributed by atoms with Gasteiger partial charge >= 0.3 is 5.97 Å². The Labute approximate surface area is 115 Å². The van der Waals surface area contributed by atoms with Crippen molar-refractivity contribution >= 4 is 5.97 Å². The van der Waals surface area contributed by atoms with Crippen LogP contribution in [0.2, 0.25) is 0 Å². The van der Waals surface area contributed by atoms with Gasteiger partial charge < -0.3 is 4.74 Å². The molecule has 1 fully saturated rings. The lowest BCUT2D eigenvalue weighted by atomic mass is 10.1. The third kappa shape index (κ3) is 3.06. The van der Waals surface area contributed by atoms with Crippen molar-refractivity contribution in [1.29, 1.82) is 0 Å². The maximum Gasteiger partial charge on any atom is 0.338 e.